The molecule has 0 bridgehead atoms. The second-order valence-corrected chi connectivity index (χ2v) is 8.85. The maximum atomic E-state index is 9.79. The molecule has 0 aliphatic rings. The van der Waals surface area contributed by atoms with Crippen LogP contribution in [0.1, 0.15) is 76.2 Å². The van der Waals surface area contributed by atoms with E-state index in [-0.39, 0.29) is 89.0 Å². The predicted molar refractivity (Wildman–Crippen MR) is 130 cm³/mol. The molecule has 0 rings (SSSR count). The summed E-state index contributed by atoms with van der Waals surface area (Å²) in [7, 11) is -4.06. The molecule has 0 saturated heterocycles. The first-order valence-electron chi connectivity index (χ1n) is 11.6. The Kier molecular flexibility index (Phi) is 104. The van der Waals surface area contributed by atoms with Crippen LogP contribution in [0.25, 0.3) is 0 Å². The van der Waals surface area contributed by atoms with Gasteiger partial charge in [-0.05, 0) is 17.8 Å². The van der Waals surface area contributed by atoms with Crippen LogP contribution in [0.2, 0.25) is 0 Å². The summed E-state index contributed by atoms with van der Waals surface area (Å²) in [6, 6.07) is 0. The smallest absolute Gasteiger partial charge is 0.855 e. The topological polar surface area (TPSA) is 206 Å². The summed E-state index contributed by atoms with van der Waals surface area (Å²) in [5, 5.41) is 44.7. The zero-order valence-electron chi connectivity index (χ0n) is 24.8. The molecule has 0 unspecified atom stereocenters. The van der Waals surface area contributed by atoms with Crippen molar-refractivity contribution in [2.24, 2.45) is 17.8 Å². The first-order valence-corrected chi connectivity index (χ1v) is 13.8. The van der Waals surface area contributed by atoms with E-state index in [9.17, 15) is 14.4 Å². The fourth-order valence-corrected chi connectivity index (χ4v) is 1.91. The van der Waals surface area contributed by atoms with Gasteiger partial charge in [-0.2, -0.15) is 0 Å². The molecule has 0 spiro atoms. The molecule has 0 heterocycles. The van der Waals surface area contributed by atoms with Crippen molar-refractivity contribution in [1.29, 1.82) is 0 Å². The minimum Gasteiger partial charge on any atom is -0.855 e. The average Bonchev–Trinajstić information content (AvgIpc) is 2.69. The monoisotopic (exact) mass is 650 g/mol. The molecular weight excluding hydrogens is 598 g/mol. The Hall–Kier alpha value is 1.69. The summed E-state index contributed by atoms with van der Waals surface area (Å²) < 4.78 is 24.1. The van der Waals surface area contributed by atoms with Crippen LogP contribution in [0.3, 0.4) is 0 Å². The Balaban J connectivity index is -0.0000000386. The summed E-state index contributed by atoms with van der Waals surface area (Å²) in [5.41, 5.74) is 0. The fourth-order valence-electron chi connectivity index (χ4n) is 0.637. The van der Waals surface area contributed by atoms with Crippen molar-refractivity contribution in [3.05, 3.63) is 0 Å². The van der Waals surface area contributed by atoms with E-state index in [1.807, 2.05) is 0 Å². The van der Waals surface area contributed by atoms with E-state index in [2.05, 4.69) is 32.2 Å². The first kappa shape index (κ1) is 62.3. The van der Waals surface area contributed by atoms with Gasteiger partial charge < -0.3 is 53.5 Å². The molecule has 11 nitrogen and oxygen atoms in total. The third kappa shape index (κ3) is 195. The molecule has 0 aromatic heterocycles. The molecule has 0 amide bonds. The van der Waals surface area contributed by atoms with Crippen molar-refractivity contribution in [1.82, 2.24) is 0 Å². The van der Waals surface area contributed by atoms with E-state index < -0.39 is 7.82 Å². The molecule has 0 aromatic rings. The van der Waals surface area contributed by atoms with Gasteiger partial charge in [-0.3, -0.25) is 0 Å². The predicted octanol–water partition coefficient (Wildman–Crippen LogP) is -0.576. The van der Waals surface area contributed by atoms with Gasteiger partial charge in [0.1, 0.15) is 0 Å². The molecule has 0 saturated carbocycles. The SMILES string of the molecule is CC(C)COP(=O)([O-])[O-].CC(C)CO[P-]OCC(C)C.CC[O-].CC[O-].CC[O-].CC[O-].CC[O-].[Ti+4].[Ti+4]. The molecule has 0 aromatic carbocycles. The van der Waals surface area contributed by atoms with E-state index >= 15 is 0 Å². The molecule has 0 aliphatic carbocycles. The summed E-state index contributed by atoms with van der Waals surface area (Å²) in [5.74, 6) is 1.25. The van der Waals surface area contributed by atoms with Crippen LogP contribution in [-0.4, -0.2) is 52.9 Å². The molecule has 37 heavy (non-hydrogen) atoms. The van der Waals surface area contributed by atoms with Crippen molar-refractivity contribution in [2.45, 2.75) is 76.2 Å². The van der Waals surface area contributed by atoms with Crippen molar-refractivity contribution >= 4 is 16.9 Å². The molecular formula is C22H52O11P2Ti2. The first-order chi connectivity index (χ1) is 16.1. The second kappa shape index (κ2) is 61.6. The maximum Gasteiger partial charge on any atom is 4.00 e. The van der Waals surface area contributed by atoms with Crippen LogP contribution < -0.4 is 35.3 Å². The Morgan fingerprint density at radius 2 is 0.757 bits per heavy atom. The van der Waals surface area contributed by atoms with E-state index in [1.54, 1.807) is 48.5 Å². The van der Waals surface area contributed by atoms with Gasteiger partial charge in [0.2, 0.25) is 0 Å². The van der Waals surface area contributed by atoms with E-state index in [1.165, 1.54) is 0 Å². The van der Waals surface area contributed by atoms with Gasteiger partial charge in [0.15, 0.2) is 0 Å². The van der Waals surface area contributed by atoms with E-state index in [0.717, 1.165) is 13.2 Å². The standard InChI is InChI=1S/C8H18O2P.C4H11O4P.5C2H5O.2Ti/c1-7(2)5-9-11-10-6-8(3)4;1-4(2)3-8-9(5,6)7;5*1-2-3;;/h7-8H,5-6H2,1-4H3;4H,3H2,1-2H3,(H2,5,6,7);5*2H2,1H3;;/q-1;;5*-1;2*+4/p-2. The van der Waals surface area contributed by atoms with Gasteiger partial charge in [-0.15, -0.1) is 33.0 Å². The summed E-state index contributed by atoms with van der Waals surface area (Å²) in [6.07, 6.45) is 0. The molecule has 15 heteroatoms. The third-order valence-electron chi connectivity index (χ3n) is 1.49. The second-order valence-electron chi connectivity index (χ2n) is 7.03. The van der Waals surface area contributed by atoms with Crippen molar-refractivity contribution in [2.75, 3.05) is 52.9 Å². The van der Waals surface area contributed by atoms with Crippen LogP contribution in [0.5, 0.6) is 0 Å². The molecule has 0 aliphatic heterocycles. The summed E-state index contributed by atoms with van der Waals surface area (Å²) in [4.78, 5) is 19.6. The number of rotatable bonds is 9. The fraction of sp³-hybridized carbons (Fsp3) is 1.00. The Morgan fingerprint density at radius 1 is 0.568 bits per heavy atom. The van der Waals surface area contributed by atoms with Gasteiger partial charge in [0.25, 0.3) is 0 Å². The Bertz CT molecular complexity index is 320. The normalized spacial score (nSPS) is 8.89. The maximum absolute atomic E-state index is 9.79. The molecule has 224 valence electrons. The van der Waals surface area contributed by atoms with E-state index in [4.69, 9.17) is 34.6 Å². The minimum absolute atomic E-state index is 0. The van der Waals surface area contributed by atoms with Gasteiger partial charge in [0, 0.05) is 13.2 Å². The van der Waals surface area contributed by atoms with Gasteiger partial charge in [-0.25, -0.2) is 9.03 Å². The average molecular weight is 650 g/mol. The number of phosphoric ester groups is 1. The zero-order valence-corrected chi connectivity index (χ0v) is 29.7. The van der Waals surface area contributed by atoms with Crippen LogP contribution in [-0.2, 0) is 61.6 Å². The van der Waals surface area contributed by atoms with Crippen LogP contribution in [0.4, 0.5) is 0 Å². The van der Waals surface area contributed by atoms with Crippen LogP contribution in [0, 0.1) is 17.8 Å². The number of hydrogen-bond donors (Lipinski definition) is 0. The summed E-state index contributed by atoms with van der Waals surface area (Å²) in [6.45, 7) is 21.4. The molecule has 0 atom stereocenters. The minimum atomic E-state index is -4.72. The van der Waals surface area contributed by atoms with Crippen LogP contribution in [0.15, 0.2) is 0 Å². The van der Waals surface area contributed by atoms with Gasteiger partial charge >= 0.3 is 43.4 Å². The molecule has 0 fully saturated rings. The molecule has 0 N–H and O–H groups in total. The summed E-state index contributed by atoms with van der Waals surface area (Å²) >= 11 is 0. The Labute approximate surface area is 259 Å². The van der Waals surface area contributed by atoms with E-state index in [0.29, 0.717) is 20.9 Å². The zero-order chi connectivity index (χ0) is 29.7. The van der Waals surface area contributed by atoms with Gasteiger partial charge in [0.05, 0.1) is 14.4 Å². The van der Waals surface area contributed by atoms with Crippen molar-refractivity contribution in [3.63, 3.8) is 0 Å². The Morgan fingerprint density at radius 3 is 0.865 bits per heavy atom. The number of hydrogen-bond acceptors (Lipinski definition) is 11. The van der Waals surface area contributed by atoms with Crippen molar-refractivity contribution < 1.29 is 96.9 Å². The third-order valence-corrected chi connectivity index (χ3v) is 2.46. The number of phosphoric acid groups is 1. The van der Waals surface area contributed by atoms with Gasteiger partial charge in [-0.1, -0.05) is 76.2 Å². The van der Waals surface area contributed by atoms with Crippen LogP contribution >= 0.6 is 16.9 Å². The quantitative estimate of drug-likeness (QED) is 0.175. The molecule has 0 radical (unpaired) electrons. The van der Waals surface area contributed by atoms with Crippen molar-refractivity contribution in [3.8, 4) is 0 Å². The largest absolute Gasteiger partial charge is 4.00 e.